The molecule has 0 aromatic heterocycles. The predicted molar refractivity (Wildman–Crippen MR) is 285 cm³/mol. The molecule has 28 nitrogen and oxygen atoms in total. The Morgan fingerprint density at radius 1 is 0.718 bits per heavy atom. The quantitative estimate of drug-likeness (QED) is 0.0127. The number of benzene rings is 1. The first-order valence-electron chi connectivity index (χ1n) is 26.1. The minimum absolute atomic E-state index is 0.0305. The molecular formula is C49H83FN16O12. The molecule has 7 amide bonds. The lowest BCUT2D eigenvalue weighted by Crippen LogP contribution is -2.63. The van der Waals surface area contributed by atoms with Crippen molar-refractivity contribution in [2.75, 3.05) is 52.4 Å². The second-order valence-electron chi connectivity index (χ2n) is 18.7. The van der Waals surface area contributed by atoms with E-state index >= 15 is 4.39 Å². The molecule has 0 bridgehead atoms. The second kappa shape index (κ2) is 36.4. The molecule has 1 aromatic rings. The monoisotopic (exact) mass is 1110 g/mol. The van der Waals surface area contributed by atoms with Crippen LogP contribution in [0.5, 0.6) is 0 Å². The van der Waals surface area contributed by atoms with E-state index in [1.54, 1.807) is 0 Å². The van der Waals surface area contributed by atoms with Crippen LogP contribution in [0.2, 0.25) is 0 Å². The number of aliphatic imine (C=N–C) groups is 1. The number of guanidine groups is 1. The molecule has 1 fully saturated rings. The number of Topliss-reactive ketones (excluding diaryl/α,β-unsaturated/α-hetero) is 1. The molecule has 2 rings (SSSR count). The van der Waals surface area contributed by atoms with Gasteiger partial charge in [-0.3, -0.25) is 43.3 Å². The average Bonchev–Trinajstić information content (AvgIpc) is 3.91. The van der Waals surface area contributed by atoms with Crippen molar-refractivity contribution in [1.82, 2.24) is 36.8 Å². The van der Waals surface area contributed by atoms with Gasteiger partial charge < -0.3 is 98.0 Å². The molecular weight excluding hydrogens is 1020 g/mol. The van der Waals surface area contributed by atoms with Crippen molar-refractivity contribution in [1.29, 1.82) is 0 Å². The van der Waals surface area contributed by atoms with Gasteiger partial charge in [0.15, 0.2) is 11.7 Å². The number of carbonyl (C=O) groups is 9. The van der Waals surface area contributed by atoms with E-state index in [0.29, 0.717) is 38.6 Å². The number of likely N-dealkylation sites (tertiary alicyclic amines) is 1. The molecule has 1 aliphatic rings. The van der Waals surface area contributed by atoms with E-state index in [-0.39, 0.29) is 101 Å². The maximum atomic E-state index is 15.1. The molecule has 1 heterocycles. The Bertz CT molecular complexity index is 2200. The number of halogens is 1. The molecule has 0 unspecified atom stereocenters. The third-order valence-corrected chi connectivity index (χ3v) is 12.7. The summed E-state index contributed by atoms with van der Waals surface area (Å²) < 4.78 is 15.1. The van der Waals surface area contributed by atoms with Crippen LogP contribution < -0.4 is 77.8 Å². The summed E-state index contributed by atoms with van der Waals surface area (Å²) in [7, 11) is 0. The van der Waals surface area contributed by atoms with Crippen molar-refractivity contribution in [3.8, 4) is 0 Å². The Labute approximate surface area is 452 Å². The fourth-order valence-electron chi connectivity index (χ4n) is 8.29. The smallest absolute Gasteiger partial charge is 0.331 e. The van der Waals surface area contributed by atoms with E-state index in [9.17, 15) is 58.5 Å². The maximum Gasteiger partial charge on any atom is 0.331 e. The fraction of sp³-hybridized carbons (Fsp3) is 0.633. The largest absolute Gasteiger partial charge is 0.478 e. The van der Waals surface area contributed by atoms with Crippen LogP contribution in [0.1, 0.15) is 89.0 Å². The number of nitrogens with two attached hydrogens (primary N) is 8. The summed E-state index contributed by atoms with van der Waals surface area (Å²) in [5.74, 6) is -9.06. The highest BCUT2D eigenvalue weighted by molar-refractivity contribution is 5.98. The van der Waals surface area contributed by atoms with E-state index in [0.717, 1.165) is 6.07 Å². The lowest BCUT2D eigenvalue weighted by Gasteiger charge is -2.30. The summed E-state index contributed by atoms with van der Waals surface area (Å²) in [6.45, 7) is -1.04. The van der Waals surface area contributed by atoms with Crippen LogP contribution in [-0.4, -0.2) is 186 Å². The molecule has 78 heavy (non-hydrogen) atoms. The van der Waals surface area contributed by atoms with Crippen LogP contribution in [0, 0.1) is 5.82 Å². The number of aliphatic carboxylic acids is 1. The third kappa shape index (κ3) is 23.5. The standard InChI is InChI=1S/C49H83FN16O12/c50-30-12-2-1-10-29(30)24-34(43(72)62-32(14-4-6-20-52)36(67)18-17-28(48(77)78)11-8-22-59-49(57)58)63-44(73)35-16-9-23-66(35)47(76)33(15-7-21-53)61-39(70)27-60-45(74)40(37(68)25-54)65-46(75)41(38(69)26-55)64-42(71)31(56)13-3-5-19-51/h1-2,10-12,31-35,37-38,40-41,68-69H,3-9,13-27,51-56H2,(H,60,74)(H,61,70)(H,62,72)(H,63,73)(H,64,71)(H,65,75)(H,77,78)(H4,57,58,59)/b28-11+/t31-,32-,33+,34-,35-,37-,38-,40-,41-/m0/s1. The number of amides is 7. The van der Waals surface area contributed by atoms with E-state index < -0.39 is 133 Å². The SMILES string of the molecule is NCCCC[C@H](NC(=O)[C@H](Cc1ccccc1F)NC(=O)[C@@H]1CCCN1C(=O)[C@@H](CCCN)NC(=O)CNC(=O)[C@@H](NC(=O)[C@@H](NC(=O)[C@@H](N)CCCCN)[C@@H](O)CN)[C@@H](O)CN)C(=O)CC/C(=C\CCN=C(N)N)C(=O)O. The first-order valence-corrected chi connectivity index (χ1v) is 26.1. The van der Waals surface area contributed by atoms with Crippen LogP contribution >= 0.6 is 0 Å². The van der Waals surface area contributed by atoms with Crippen LogP contribution in [-0.2, 0) is 49.6 Å². The predicted octanol–water partition coefficient (Wildman–Crippen LogP) is -6.11. The van der Waals surface area contributed by atoms with Gasteiger partial charge in [-0.1, -0.05) is 30.7 Å². The number of carboxylic acids is 1. The molecule has 25 N–H and O–H groups in total. The van der Waals surface area contributed by atoms with Crippen LogP contribution in [0.3, 0.4) is 0 Å². The Kier molecular flexibility index (Phi) is 31.4. The lowest BCUT2D eigenvalue weighted by atomic mass is 9.97. The first kappa shape index (κ1) is 67.4. The number of hydrogen-bond donors (Lipinski definition) is 17. The number of nitrogens with one attached hydrogen (secondary N) is 6. The summed E-state index contributed by atoms with van der Waals surface area (Å²) in [6.07, 6.45) is 0.116. The van der Waals surface area contributed by atoms with Gasteiger partial charge >= 0.3 is 5.97 Å². The van der Waals surface area contributed by atoms with E-state index in [4.69, 9.17) is 45.9 Å². The number of carbonyl (C=O) groups excluding carboxylic acids is 8. The van der Waals surface area contributed by atoms with Gasteiger partial charge in [-0.05, 0) is 102 Å². The minimum Gasteiger partial charge on any atom is -0.478 e. The van der Waals surface area contributed by atoms with Crippen molar-refractivity contribution >= 4 is 59.1 Å². The number of rotatable bonds is 38. The molecule has 1 aliphatic heterocycles. The van der Waals surface area contributed by atoms with Gasteiger partial charge in [-0.15, -0.1) is 0 Å². The second-order valence-corrected chi connectivity index (χ2v) is 18.7. The zero-order valence-electron chi connectivity index (χ0n) is 44.0. The van der Waals surface area contributed by atoms with Crippen LogP contribution in [0.15, 0.2) is 40.9 Å². The normalized spacial score (nSPS) is 16.4. The number of hydrogen-bond acceptors (Lipinski definition) is 18. The molecule has 0 radical (unpaired) electrons. The van der Waals surface area contributed by atoms with E-state index in [1.165, 1.54) is 29.2 Å². The number of aliphatic hydroxyl groups excluding tert-OH is 2. The first-order chi connectivity index (χ1) is 37.1. The zero-order chi connectivity index (χ0) is 58.3. The molecule has 1 aromatic carbocycles. The molecule has 0 aliphatic carbocycles. The minimum atomic E-state index is -1.84. The van der Waals surface area contributed by atoms with Gasteiger partial charge in [0.05, 0.1) is 30.8 Å². The average molecular weight is 1110 g/mol. The summed E-state index contributed by atoms with van der Waals surface area (Å²) in [6, 6.07) is -4.32. The van der Waals surface area contributed by atoms with Crippen molar-refractivity contribution in [3.05, 3.63) is 47.3 Å². The number of aliphatic hydroxyl groups is 2. The Balaban J connectivity index is 2.31. The molecule has 438 valence electrons. The molecule has 1 saturated heterocycles. The van der Waals surface area contributed by atoms with Crippen molar-refractivity contribution in [2.24, 2.45) is 50.9 Å². The van der Waals surface area contributed by atoms with Gasteiger partial charge in [0.1, 0.15) is 36.0 Å². The van der Waals surface area contributed by atoms with Gasteiger partial charge in [-0.2, -0.15) is 0 Å². The number of unbranched alkanes of at least 4 members (excludes halogenated alkanes) is 2. The van der Waals surface area contributed by atoms with Crippen molar-refractivity contribution in [2.45, 2.75) is 144 Å². The molecule has 29 heteroatoms. The Morgan fingerprint density at radius 2 is 1.32 bits per heavy atom. The summed E-state index contributed by atoms with van der Waals surface area (Å²) in [4.78, 5) is 127. The van der Waals surface area contributed by atoms with E-state index in [2.05, 4.69) is 36.9 Å². The Morgan fingerprint density at radius 3 is 1.92 bits per heavy atom. The zero-order valence-corrected chi connectivity index (χ0v) is 44.0. The summed E-state index contributed by atoms with van der Waals surface area (Å²) >= 11 is 0. The summed E-state index contributed by atoms with van der Waals surface area (Å²) in [5, 5.41) is 45.6. The number of nitrogens with zero attached hydrogens (tertiary/aromatic N) is 2. The van der Waals surface area contributed by atoms with Crippen LogP contribution in [0.4, 0.5) is 4.39 Å². The van der Waals surface area contributed by atoms with Gasteiger partial charge in [0.2, 0.25) is 41.4 Å². The van der Waals surface area contributed by atoms with Gasteiger partial charge in [0, 0.05) is 44.6 Å². The van der Waals surface area contributed by atoms with E-state index in [1.807, 2.05) is 0 Å². The fourth-order valence-corrected chi connectivity index (χ4v) is 8.29. The summed E-state index contributed by atoms with van der Waals surface area (Å²) in [5.41, 5.74) is 44.7. The van der Waals surface area contributed by atoms with Gasteiger partial charge in [-0.25, -0.2) is 9.18 Å². The van der Waals surface area contributed by atoms with Crippen molar-refractivity contribution < 1.29 is 62.9 Å². The highest BCUT2D eigenvalue weighted by Gasteiger charge is 2.40. The Hall–Kier alpha value is -6.73. The maximum absolute atomic E-state index is 15.1. The highest BCUT2D eigenvalue weighted by Crippen LogP contribution is 2.21. The number of ketones is 1. The van der Waals surface area contributed by atoms with Crippen molar-refractivity contribution in [3.63, 3.8) is 0 Å². The molecule has 9 atom stereocenters. The molecule has 0 saturated carbocycles. The molecule has 0 spiro atoms. The van der Waals surface area contributed by atoms with Gasteiger partial charge in [0.25, 0.3) is 0 Å². The highest BCUT2D eigenvalue weighted by atomic mass is 19.1. The topological polar surface area (TPSA) is 510 Å². The third-order valence-electron chi connectivity index (χ3n) is 12.7. The van der Waals surface area contributed by atoms with Crippen LogP contribution in [0.25, 0.3) is 0 Å². The number of carboxylic acid groups (broad SMARTS) is 1. The lowest BCUT2D eigenvalue weighted by molar-refractivity contribution is -0.142.